The van der Waals surface area contributed by atoms with Gasteiger partial charge in [0, 0.05) is 34.8 Å². The standard InChI is InChI=1S/C26H24Cl2N4O5S/c27-20-13-21(28)15-23(14-20)38(35,36)32(16-26(33)34)22-4-3-17-11-19(2-1-18(17)12-22)24-5-6-25(30-29-24)31-7-9-37-10-8-31/h1-6,11-15,29-30H,7-10,16H2,(H,33,34)/p+1. The monoisotopic (exact) mass is 575 g/mol. The fourth-order valence-corrected chi connectivity index (χ4v) is 6.54. The van der Waals surface area contributed by atoms with Gasteiger partial charge in [0.2, 0.25) is 0 Å². The van der Waals surface area contributed by atoms with Crippen LogP contribution in [0.25, 0.3) is 16.5 Å². The number of hydrogen-bond donors (Lipinski definition) is 3. The minimum Gasteiger partial charge on any atom is -0.480 e. The number of halogens is 2. The maximum atomic E-state index is 13.4. The molecule has 198 valence electrons. The molecule has 4 N–H and O–H groups in total. The summed E-state index contributed by atoms with van der Waals surface area (Å²) in [6.07, 6.45) is 4.10. The van der Waals surface area contributed by atoms with E-state index in [1.165, 1.54) is 18.2 Å². The lowest BCUT2D eigenvalue weighted by molar-refractivity contribution is -0.621. The summed E-state index contributed by atoms with van der Waals surface area (Å²) in [6, 6.07) is 14.7. The average Bonchev–Trinajstić information content (AvgIpc) is 2.91. The second kappa shape index (κ2) is 10.8. The number of sulfonamides is 1. The Balaban J connectivity index is 1.45. The third-order valence-electron chi connectivity index (χ3n) is 6.30. The lowest BCUT2D eigenvalue weighted by Crippen LogP contribution is -2.91. The van der Waals surface area contributed by atoms with Gasteiger partial charge in [-0.15, -0.1) is 0 Å². The van der Waals surface area contributed by atoms with Crippen LogP contribution in [0.1, 0.15) is 5.56 Å². The highest BCUT2D eigenvalue weighted by Gasteiger charge is 2.28. The zero-order valence-electron chi connectivity index (χ0n) is 20.1. The number of quaternary nitrogens is 1. The highest BCUT2D eigenvalue weighted by atomic mass is 35.5. The normalized spacial score (nSPS) is 16.0. The van der Waals surface area contributed by atoms with E-state index in [0.29, 0.717) is 13.2 Å². The van der Waals surface area contributed by atoms with Crippen LogP contribution >= 0.6 is 23.2 Å². The number of carboxylic acid groups (broad SMARTS) is 1. The highest BCUT2D eigenvalue weighted by Crippen LogP contribution is 2.31. The van der Waals surface area contributed by atoms with E-state index in [-0.39, 0.29) is 20.6 Å². The zero-order valence-corrected chi connectivity index (χ0v) is 22.4. The number of carbonyl (C=O) groups is 1. The smallest absolute Gasteiger partial charge is 0.324 e. The molecule has 2 aliphatic rings. The second-order valence-electron chi connectivity index (χ2n) is 8.82. The summed E-state index contributed by atoms with van der Waals surface area (Å²) < 4.78 is 33.1. The molecule has 2 heterocycles. The molecule has 0 amide bonds. The third kappa shape index (κ3) is 5.59. The van der Waals surface area contributed by atoms with Crippen molar-refractivity contribution >= 4 is 61.4 Å². The number of nitrogens with two attached hydrogens (primary N) is 1. The van der Waals surface area contributed by atoms with Gasteiger partial charge in [0.25, 0.3) is 10.0 Å². The van der Waals surface area contributed by atoms with Crippen LogP contribution < -0.4 is 15.2 Å². The van der Waals surface area contributed by atoms with E-state index in [0.717, 1.165) is 45.2 Å². The molecule has 3 aromatic carbocycles. The Morgan fingerprint density at radius 1 is 1.00 bits per heavy atom. The van der Waals surface area contributed by atoms with Crippen LogP contribution in [0, 0.1) is 0 Å². The van der Waals surface area contributed by atoms with Crippen molar-refractivity contribution in [1.82, 2.24) is 10.3 Å². The number of benzene rings is 3. The van der Waals surface area contributed by atoms with Crippen molar-refractivity contribution in [2.75, 3.05) is 37.2 Å². The highest BCUT2D eigenvalue weighted by molar-refractivity contribution is 7.92. The lowest BCUT2D eigenvalue weighted by atomic mass is 10.0. The topological polar surface area (TPSA) is 116 Å². The van der Waals surface area contributed by atoms with E-state index in [4.69, 9.17) is 27.9 Å². The molecule has 0 aromatic heterocycles. The predicted octanol–water partition coefficient (Wildman–Crippen LogP) is 3.02. The summed E-state index contributed by atoms with van der Waals surface area (Å²) in [5, 5.41) is 11.4. The van der Waals surface area contributed by atoms with Gasteiger partial charge in [0.15, 0.2) is 11.5 Å². The Morgan fingerprint density at radius 2 is 1.68 bits per heavy atom. The van der Waals surface area contributed by atoms with E-state index in [2.05, 4.69) is 10.3 Å². The summed E-state index contributed by atoms with van der Waals surface area (Å²) >= 11 is 12.0. The van der Waals surface area contributed by atoms with E-state index in [9.17, 15) is 18.3 Å². The van der Waals surface area contributed by atoms with Crippen molar-refractivity contribution in [3.63, 3.8) is 0 Å². The van der Waals surface area contributed by atoms with Crippen molar-refractivity contribution in [2.45, 2.75) is 4.90 Å². The van der Waals surface area contributed by atoms with Crippen LogP contribution in [0.5, 0.6) is 0 Å². The summed E-state index contributed by atoms with van der Waals surface area (Å²) in [4.78, 5) is 13.7. The Labute approximate surface area is 229 Å². The van der Waals surface area contributed by atoms with Crippen LogP contribution in [0.2, 0.25) is 10.0 Å². The van der Waals surface area contributed by atoms with Crippen molar-refractivity contribution in [3.05, 3.63) is 88.2 Å². The number of ether oxygens (including phenoxy) is 1. The molecule has 0 spiro atoms. The minimum atomic E-state index is -4.26. The number of nitrogens with one attached hydrogen (secondary N) is 1. The molecule has 9 nitrogen and oxygen atoms in total. The fraction of sp³-hybridized carbons (Fsp3) is 0.192. The van der Waals surface area contributed by atoms with Gasteiger partial charge >= 0.3 is 5.97 Å². The number of aliphatic carboxylic acids is 1. The number of nitrogens with zero attached hydrogens (tertiary/aromatic N) is 2. The Kier molecular flexibility index (Phi) is 7.51. The number of rotatable bonds is 7. The van der Waals surface area contributed by atoms with Crippen LogP contribution in [-0.2, 0) is 19.6 Å². The van der Waals surface area contributed by atoms with E-state index < -0.39 is 22.5 Å². The van der Waals surface area contributed by atoms with Gasteiger partial charge in [0.1, 0.15) is 6.54 Å². The first-order valence-electron chi connectivity index (χ1n) is 11.8. The van der Waals surface area contributed by atoms with E-state index in [1.807, 2.05) is 35.8 Å². The molecule has 0 bridgehead atoms. The van der Waals surface area contributed by atoms with Crippen LogP contribution in [0.4, 0.5) is 5.69 Å². The Bertz CT molecular complexity index is 1550. The second-order valence-corrected chi connectivity index (χ2v) is 11.6. The van der Waals surface area contributed by atoms with Crippen LogP contribution in [-0.4, -0.2) is 57.2 Å². The lowest BCUT2D eigenvalue weighted by Gasteiger charge is -2.31. The first-order valence-corrected chi connectivity index (χ1v) is 14.0. The van der Waals surface area contributed by atoms with Crippen molar-refractivity contribution in [2.24, 2.45) is 0 Å². The molecule has 1 fully saturated rings. The van der Waals surface area contributed by atoms with Gasteiger partial charge in [-0.25, -0.2) is 19.3 Å². The average molecular weight is 576 g/mol. The largest absolute Gasteiger partial charge is 0.480 e. The Hall–Kier alpha value is -3.28. The van der Waals surface area contributed by atoms with Gasteiger partial charge in [-0.05, 0) is 59.3 Å². The van der Waals surface area contributed by atoms with Gasteiger partial charge in [-0.3, -0.25) is 9.10 Å². The van der Waals surface area contributed by atoms with Gasteiger partial charge in [-0.1, -0.05) is 35.3 Å². The maximum Gasteiger partial charge on any atom is 0.324 e. The molecule has 12 heteroatoms. The van der Waals surface area contributed by atoms with Crippen LogP contribution in [0.3, 0.4) is 0 Å². The molecule has 3 aromatic rings. The van der Waals surface area contributed by atoms with E-state index >= 15 is 0 Å². The maximum absolute atomic E-state index is 13.4. The fourth-order valence-electron chi connectivity index (χ4n) is 4.41. The number of allylic oxidation sites excluding steroid dienone is 2. The molecule has 2 aliphatic heterocycles. The molecule has 0 saturated carbocycles. The summed E-state index contributed by atoms with van der Waals surface area (Å²) in [6.45, 7) is 2.34. The number of carboxylic acids is 1. The molecular weight excluding hydrogens is 551 g/mol. The first-order chi connectivity index (χ1) is 18.2. The summed E-state index contributed by atoms with van der Waals surface area (Å²) in [7, 11) is -4.26. The molecule has 1 saturated heterocycles. The molecule has 38 heavy (non-hydrogen) atoms. The quantitative estimate of drug-likeness (QED) is 0.371. The van der Waals surface area contributed by atoms with Crippen molar-refractivity contribution < 1.29 is 28.5 Å². The summed E-state index contributed by atoms with van der Waals surface area (Å²) in [5.41, 5.74) is 7.51. The number of fused-ring (bicyclic) bond motifs is 1. The van der Waals surface area contributed by atoms with Gasteiger partial charge in [0.05, 0.1) is 23.8 Å². The number of hydrogen-bond acceptors (Lipinski definition) is 6. The molecule has 0 atom stereocenters. The molecule has 0 unspecified atom stereocenters. The van der Waals surface area contributed by atoms with Crippen molar-refractivity contribution in [1.29, 1.82) is 0 Å². The van der Waals surface area contributed by atoms with E-state index in [1.54, 1.807) is 18.2 Å². The SMILES string of the molecule is O=C(O)CN(c1ccc2cc(C3=CC=C(N4CCOCC4)N[NH2+]3)ccc2c1)S(=O)(=O)c1cc(Cl)cc(Cl)c1. The molecular formula is C26H25Cl2N4O5S+. The number of anilines is 1. The van der Waals surface area contributed by atoms with Gasteiger partial charge < -0.3 is 14.7 Å². The first kappa shape index (κ1) is 26.3. The van der Waals surface area contributed by atoms with Gasteiger partial charge in [-0.2, -0.15) is 0 Å². The molecule has 0 radical (unpaired) electrons. The van der Waals surface area contributed by atoms with Crippen LogP contribution in [0.15, 0.2) is 77.5 Å². The predicted molar refractivity (Wildman–Crippen MR) is 146 cm³/mol. The van der Waals surface area contributed by atoms with Crippen molar-refractivity contribution in [3.8, 4) is 0 Å². The third-order valence-corrected chi connectivity index (χ3v) is 8.48. The summed E-state index contributed by atoms with van der Waals surface area (Å²) in [5.74, 6) is -0.267. The molecule has 0 aliphatic carbocycles. The zero-order chi connectivity index (χ0) is 26.9. The Morgan fingerprint density at radius 3 is 2.34 bits per heavy atom. The minimum absolute atomic E-state index is 0.132. The number of morpholine rings is 1. The molecule has 5 rings (SSSR count).